The molecule has 0 heterocycles. The van der Waals surface area contributed by atoms with Crippen molar-refractivity contribution in [2.45, 2.75) is 9.65 Å². The third-order valence-electron chi connectivity index (χ3n) is 2.56. The van der Waals surface area contributed by atoms with Crippen molar-refractivity contribution in [2.75, 3.05) is 0 Å². The number of hydrogen-bond donors (Lipinski definition) is 0. The molecule has 88 valence electrons. The molecule has 0 fully saturated rings. The van der Waals surface area contributed by atoms with E-state index in [2.05, 4.69) is 44.0 Å². The summed E-state index contributed by atoms with van der Waals surface area (Å²) in [5, 5.41) is 0. The Balaban J connectivity index is 2.20. The van der Waals surface area contributed by atoms with Crippen LogP contribution in [0.15, 0.2) is 54.6 Å². The summed E-state index contributed by atoms with van der Waals surface area (Å²) in [6, 6.07) is 16.7. The van der Waals surface area contributed by atoms with Gasteiger partial charge in [-0.2, -0.15) is 0 Å². The topological polar surface area (TPSA) is 0 Å². The molecule has 0 N–H and O–H groups in total. The molecule has 0 aliphatic carbocycles. The molecule has 0 aliphatic rings. The fraction of sp³-hybridized carbons (Fsp3) is 0.143. The van der Waals surface area contributed by atoms with E-state index < -0.39 is 0 Å². The minimum Gasteiger partial charge on any atom is -0.207 e. The molecular formula is C14H11Br2F. The summed E-state index contributed by atoms with van der Waals surface area (Å²) >= 11 is 7.31. The van der Waals surface area contributed by atoms with E-state index in [0.29, 0.717) is 0 Å². The van der Waals surface area contributed by atoms with Gasteiger partial charge in [0, 0.05) is 0 Å². The predicted molar refractivity (Wildman–Crippen MR) is 76.2 cm³/mol. The Morgan fingerprint density at radius 1 is 0.706 bits per heavy atom. The molecule has 2 rings (SSSR count). The van der Waals surface area contributed by atoms with Crippen LogP contribution >= 0.6 is 31.9 Å². The monoisotopic (exact) mass is 356 g/mol. The van der Waals surface area contributed by atoms with Crippen molar-refractivity contribution < 1.29 is 4.39 Å². The molecule has 0 spiro atoms. The van der Waals surface area contributed by atoms with E-state index in [1.807, 2.05) is 18.2 Å². The number of halogens is 3. The summed E-state index contributed by atoms with van der Waals surface area (Å²) in [6.45, 7) is 0. The van der Waals surface area contributed by atoms with Crippen LogP contribution < -0.4 is 0 Å². The number of benzene rings is 2. The molecule has 0 saturated carbocycles. The van der Waals surface area contributed by atoms with Gasteiger partial charge in [-0.25, -0.2) is 4.39 Å². The Hall–Kier alpha value is -0.670. The number of hydrogen-bond acceptors (Lipinski definition) is 0. The molecule has 0 saturated heterocycles. The van der Waals surface area contributed by atoms with E-state index in [4.69, 9.17) is 0 Å². The summed E-state index contributed by atoms with van der Waals surface area (Å²) in [5.41, 5.74) is 2.25. The summed E-state index contributed by atoms with van der Waals surface area (Å²) in [6.07, 6.45) is 0. The van der Waals surface area contributed by atoms with Crippen LogP contribution in [0.25, 0.3) is 0 Å². The smallest absolute Gasteiger partial charge is 0.123 e. The van der Waals surface area contributed by atoms with Crippen molar-refractivity contribution in [3.63, 3.8) is 0 Å². The second kappa shape index (κ2) is 5.78. The van der Waals surface area contributed by atoms with Crippen LogP contribution in [-0.2, 0) is 0 Å². The Bertz CT molecular complexity index is 467. The van der Waals surface area contributed by atoms with E-state index in [0.717, 1.165) is 5.56 Å². The van der Waals surface area contributed by atoms with Crippen LogP contribution in [0.2, 0.25) is 0 Å². The van der Waals surface area contributed by atoms with Gasteiger partial charge < -0.3 is 0 Å². The van der Waals surface area contributed by atoms with Crippen molar-refractivity contribution in [1.29, 1.82) is 0 Å². The summed E-state index contributed by atoms with van der Waals surface area (Å²) in [7, 11) is 0. The Labute approximate surface area is 117 Å². The highest BCUT2D eigenvalue weighted by molar-refractivity contribution is 9.12. The van der Waals surface area contributed by atoms with Gasteiger partial charge in [-0.1, -0.05) is 74.3 Å². The van der Waals surface area contributed by atoms with Crippen LogP contribution in [0.3, 0.4) is 0 Å². The molecule has 2 atom stereocenters. The second-order valence-corrected chi connectivity index (χ2v) is 5.74. The van der Waals surface area contributed by atoms with Crippen LogP contribution in [0, 0.1) is 5.82 Å². The van der Waals surface area contributed by atoms with Gasteiger partial charge in [0.25, 0.3) is 0 Å². The summed E-state index contributed by atoms with van der Waals surface area (Å²) in [5.74, 6) is -0.209. The fourth-order valence-electron chi connectivity index (χ4n) is 1.62. The zero-order chi connectivity index (χ0) is 12.3. The van der Waals surface area contributed by atoms with E-state index >= 15 is 0 Å². The van der Waals surface area contributed by atoms with Crippen molar-refractivity contribution in [1.82, 2.24) is 0 Å². The zero-order valence-corrected chi connectivity index (χ0v) is 12.2. The molecule has 2 aromatic rings. The van der Waals surface area contributed by atoms with E-state index in [9.17, 15) is 4.39 Å². The van der Waals surface area contributed by atoms with Crippen molar-refractivity contribution in [2.24, 2.45) is 0 Å². The lowest BCUT2D eigenvalue weighted by molar-refractivity contribution is 0.627. The second-order valence-electron chi connectivity index (χ2n) is 3.77. The Morgan fingerprint density at radius 2 is 1.18 bits per heavy atom. The Kier molecular flexibility index (Phi) is 4.35. The normalized spacial score (nSPS) is 14.3. The molecule has 3 heteroatoms. The minimum atomic E-state index is -0.209. The first kappa shape index (κ1) is 12.8. The van der Waals surface area contributed by atoms with E-state index in [1.165, 1.54) is 17.7 Å². The first-order valence-corrected chi connectivity index (χ1v) is 7.10. The molecular weight excluding hydrogens is 347 g/mol. The Morgan fingerprint density at radius 3 is 1.71 bits per heavy atom. The third kappa shape index (κ3) is 3.17. The third-order valence-corrected chi connectivity index (χ3v) is 5.39. The molecule has 0 radical (unpaired) electrons. The zero-order valence-electron chi connectivity index (χ0n) is 8.98. The van der Waals surface area contributed by atoms with E-state index in [-0.39, 0.29) is 15.5 Å². The number of rotatable bonds is 3. The average Bonchev–Trinajstić information content (AvgIpc) is 2.39. The highest BCUT2D eigenvalue weighted by Crippen LogP contribution is 2.41. The summed E-state index contributed by atoms with van der Waals surface area (Å²) in [4.78, 5) is 0.277. The maximum absolute atomic E-state index is 12.8. The van der Waals surface area contributed by atoms with Gasteiger partial charge in [0.15, 0.2) is 0 Å². The molecule has 0 aliphatic heterocycles. The van der Waals surface area contributed by atoms with Gasteiger partial charge in [0.05, 0.1) is 9.65 Å². The lowest BCUT2D eigenvalue weighted by atomic mass is 10.0. The van der Waals surface area contributed by atoms with Crippen LogP contribution in [-0.4, -0.2) is 0 Å². The first-order valence-electron chi connectivity index (χ1n) is 5.27. The van der Waals surface area contributed by atoms with Crippen LogP contribution in [0.4, 0.5) is 4.39 Å². The highest BCUT2D eigenvalue weighted by Gasteiger charge is 2.19. The lowest BCUT2D eigenvalue weighted by Crippen LogP contribution is -1.99. The highest BCUT2D eigenvalue weighted by atomic mass is 79.9. The molecule has 0 bridgehead atoms. The summed E-state index contributed by atoms with van der Waals surface area (Å²) < 4.78 is 12.8. The van der Waals surface area contributed by atoms with Gasteiger partial charge in [-0.3, -0.25) is 0 Å². The first-order chi connectivity index (χ1) is 8.18. The number of alkyl halides is 2. The average molecular weight is 358 g/mol. The maximum Gasteiger partial charge on any atom is 0.123 e. The predicted octanol–water partition coefficient (Wildman–Crippen LogP) is 5.40. The van der Waals surface area contributed by atoms with Gasteiger partial charge in [0.2, 0.25) is 0 Å². The van der Waals surface area contributed by atoms with Gasteiger partial charge in [-0.05, 0) is 23.3 Å². The SMILES string of the molecule is Fc1ccc([C@H](Br)[C@H](Br)c2ccccc2)cc1. The lowest BCUT2D eigenvalue weighted by Gasteiger charge is -2.17. The molecule has 0 aromatic heterocycles. The minimum absolute atomic E-state index is 0.116. The maximum atomic E-state index is 12.8. The quantitative estimate of drug-likeness (QED) is 0.645. The van der Waals surface area contributed by atoms with E-state index in [1.54, 1.807) is 12.1 Å². The molecule has 2 aromatic carbocycles. The van der Waals surface area contributed by atoms with Gasteiger partial charge in [-0.15, -0.1) is 0 Å². The van der Waals surface area contributed by atoms with Crippen molar-refractivity contribution in [3.05, 3.63) is 71.5 Å². The molecule has 17 heavy (non-hydrogen) atoms. The van der Waals surface area contributed by atoms with Gasteiger partial charge >= 0.3 is 0 Å². The van der Waals surface area contributed by atoms with Crippen LogP contribution in [0.1, 0.15) is 20.8 Å². The van der Waals surface area contributed by atoms with Crippen molar-refractivity contribution in [3.8, 4) is 0 Å². The van der Waals surface area contributed by atoms with Gasteiger partial charge in [0.1, 0.15) is 5.82 Å². The largest absolute Gasteiger partial charge is 0.207 e. The standard InChI is InChI=1S/C14H11Br2F/c15-13(10-4-2-1-3-5-10)14(16)11-6-8-12(17)9-7-11/h1-9,13-14H/t13-,14+/m1/s1. The molecule has 0 nitrogen and oxygen atoms in total. The fourth-order valence-corrected chi connectivity index (χ4v) is 2.84. The molecule has 0 unspecified atom stereocenters. The molecule has 0 amide bonds. The van der Waals surface area contributed by atoms with Crippen LogP contribution in [0.5, 0.6) is 0 Å². The van der Waals surface area contributed by atoms with Crippen molar-refractivity contribution >= 4 is 31.9 Å².